The molecule has 150 valence electrons. The van der Waals surface area contributed by atoms with Gasteiger partial charge in [-0.3, -0.25) is 0 Å². The lowest BCUT2D eigenvalue weighted by Gasteiger charge is -2.10. The number of aryl methyl sites for hydroxylation is 2. The highest BCUT2D eigenvalue weighted by Gasteiger charge is 2.22. The fourth-order valence-electron chi connectivity index (χ4n) is 3.57. The lowest BCUT2D eigenvalue weighted by molar-refractivity contribution is 0.323. The first kappa shape index (κ1) is 19.8. The van der Waals surface area contributed by atoms with Crippen molar-refractivity contribution in [2.45, 2.75) is 32.2 Å². The Labute approximate surface area is 175 Å². The van der Waals surface area contributed by atoms with Gasteiger partial charge in [-0.2, -0.15) is 11.8 Å². The maximum atomic E-state index is 14.0. The molecule has 3 nitrogen and oxygen atoms in total. The highest BCUT2D eigenvalue weighted by molar-refractivity contribution is 7.98. The molecular formula is C24H25FN2OS. The number of hydrogen-bond acceptors (Lipinski definition) is 3. The monoisotopic (exact) mass is 408 g/mol. The standard InChI is InChI=1S/C24H25FN2OS/c1-17-7-5-8-18(2)21(17)16-29-15-20-14-28-24(26-20)23-11-6-12-27(23)13-19-9-3-4-10-22(19)25/h3-12,20H,13-16H2,1-2H3. The van der Waals surface area contributed by atoms with Crippen LogP contribution in [0.15, 0.2) is 65.8 Å². The van der Waals surface area contributed by atoms with Crippen LogP contribution >= 0.6 is 11.8 Å². The maximum absolute atomic E-state index is 14.0. The number of nitrogens with zero attached hydrogens (tertiary/aromatic N) is 2. The average molecular weight is 409 g/mol. The summed E-state index contributed by atoms with van der Waals surface area (Å²) in [7, 11) is 0. The number of hydrogen-bond donors (Lipinski definition) is 0. The van der Waals surface area contributed by atoms with Gasteiger partial charge in [-0.25, -0.2) is 9.38 Å². The van der Waals surface area contributed by atoms with E-state index >= 15 is 0 Å². The zero-order valence-electron chi connectivity index (χ0n) is 16.8. The molecule has 1 atom stereocenters. The van der Waals surface area contributed by atoms with Crippen LogP contribution in [-0.2, 0) is 17.0 Å². The smallest absolute Gasteiger partial charge is 0.233 e. The molecule has 2 heterocycles. The summed E-state index contributed by atoms with van der Waals surface area (Å²) < 4.78 is 21.9. The van der Waals surface area contributed by atoms with Gasteiger partial charge < -0.3 is 9.30 Å². The van der Waals surface area contributed by atoms with Gasteiger partial charge in [0.2, 0.25) is 5.90 Å². The molecule has 2 aromatic carbocycles. The minimum absolute atomic E-state index is 0.149. The number of thioether (sulfide) groups is 1. The van der Waals surface area contributed by atoms with Crippen LogP contribution in [0.3, 0.4) is 0 Å². The maximum Gasteiger partial charge on any atom is 0.233 e. The van der Waals surface area contributed by atoms with Gasteiger partial charge in [0.05, 0.1) is 12.6 Å². The summed E-state index contributed by atoms with van der Waals surface area (Å²) in [4.78, 5) is 4.79. The topological polar surface area (TPSA) is 26.5 Å². The van der Waals surface area contributed by atoms with Gasteiger partial charge in [-0.15, -0.1) is 0 Å². The van der Waals surface area contributed by atoms with Gasteiger partial charge >= 0.3 is 0 Å². The number of rotatable bonds is 7. The summed E-state index contributed by atoms with van der Waals surface area (Å²) in [6.45, 7) is 5.40. The zero-order valence-corrected chi connectivity index (χ0v) is 17.6. The minimum Gasteiger partial charge on any atom is -0.474 e. The van der Waals surface area contributed by atoms with Crippen LogP contribution in [0, 0.1) is 19.7 Å². The molecule has 0 spiro atoms. The van der Waals surface area contributed by atoms with Crippen LogP contribution in [-0.4, -0.2) is 28.9 Å². The molecule has 0 fully saturated rings. The first-order chi connectivity index (χ1) is 14.1. The molecule has 0 radical (unpaired) electrons. The molecule has 0 bridgehead atoms. The van der Waals surface area contributed by atoms with E-state index in [1.807, 2.05) is 46.8 Å². The highest BCUT2D eigenvalue weighted by Crippen LogP contribution is 2.23. The van der Waals surface area contributed by atoms with Crippen molar-refractivity contribution in [3.63, 3.8) is 0 Å². The van der Waals surface area contributed by atoms with Crippen LogP contribution in [0.5, 0.6) is 0 Å². The quantitative estimate of drug-likeness (QED) is 0.525. The Hall–Kier alpha value is -2.53. The van der Waals surface area contributed by atoms with E-state index in [1.54, 1.807) is 6.07 Å². The number of aromatic nitrogens is 1. The Morgan fingerprint density at radius 1 is 1.07 bits per heavy atom. The number of benzene rings is 2. The lowest BCUT2D eigenvalue weighted by atomic mass is 10.1. The van der Waals surface area contributed by atoms with Crippen molar-refractivity contribution in [1.29, 1.82) is 0 Å². The predicted molar refractivity (Wildman–Crippen MR) is 118 cm³/mol. The van der Waals surface area contributed by atoms with E-state index in [0.29, 0.717) is 24.6 Å². The second-order valence-corrected chi connectivity index (χ2v) is 8.43. The lowest BCUT2D eigenvalue weighted by Crippen LogP contribution is -2.11. The summed E-state index contributed by atoms with van der Waals surface area (Å²) in [6, 6.07) is 17.4. The average Bonchev–Trinajstić information content (AvgIpc) is 3.35. The summed E-state index contributed by atoms with van der Waals surface area (Å²) >= 11 is 1.90. The Morgan fingerprint density at radius 2 is 1.86 bits per heavy atom. The summed E-state index contributed by atoms with van der Waals surface area (Å²) in [5, 5.41) is 0. The van der Waals surface area contributed by atoms with E-state index < -0.39 is 0 Å². The Bertz CT molecular complexity index is 1010. The van der Waals surface area contributed by atoms with Crippen molar-refractivity contribution in [2.24, 2.45) is 4.99 Å². The summed E-state index contributed by atoms with van der Waals surface area (Å²) in [6.07, 6.45) is 1.94. The normalized spacial score (nSPS) is 16.0. The summed E-state index contributed by atoms with van der Waals surface area (Å²) in [5.74, 6) is 2.38. The van der Waals surface area contributed by atoms with Crippen molar-refractivity contribution < 1.29 is 9.13 Å². The van der Waals surface area contributed by atoms with Gasteiger partial charge in [0, 0.05) is 23.3 Å². The molecule has 0 N–H and O–H groups in total. The van der Waals surface area contributed by atoms with Gasteiger partial charge in [-0.1, -0.05) is 36.4 Å². The molecule has 0 aliphatic carbocycles. The van der Waals surface area contributed by atoms with Crippen LogP contribution in [0.2, 0.25) is 0 Å². The molecule has 1 aliphatic rings. The second-order valence-electron chi connectivity index (χ2n) is 7.40. The van der Waals surface area contributed by atoms with Crippen molar-refractivity contribution in [3.8, 4) is 0 Å². The molecule has 1 aliphatic heterocycles. The SMILES string of the molecule is Cc1cccc(C)c1CSCC1COC(c2cccn2Cc2ccccc2F)=N1. The van der Waals surface area contributed by atoms with E-state index in [-0.39, 0.29) is 11.9 Å². The van der Waals surface area contributed by atoms with Crippen LogP contribution in [0.25, 0.3) is 0 Å². The number of halogens is 1. The van der Waals surface area contributed by atoms with Gasteiger partial charge in [0.15, 0.2) is 0 Å². The van der Waals surface area contributed by atoms with Crippen LogP contribution in [0.1, 0.15) is 27.9 Å². The van der Waals surface area contributed by atoms with E-state index in [4.69, 9.17) is 9.73 Å². The van der Waals surface area contributed by atoms with E-state index in [0.717, 1.165) is 17.2 Å². The Morgan fingerprint density at radius 3 is 2.66 bits per heavy atom. The molecule has 3 aromatic rings. The van der Waals surface area contributed by atoms with Gasteiger partial charge in [0.1, 0.15) is 18.1 Å². The second kappa shape index (κ2) is 8.87. The molecule has 0 amide bonds. The Balaban J connectivity index is 1.39. The fraction of sp³-hybridized carbons (Fsp3) is 0.292. The van der Waals surface area contributed by atoms with Crippen molar-refractivity contribution in [2.75, 3.05) is 12.4 Å². The first-order valence-electron chi connectivity index (χ1n) is 9.84. The molecular weight excluding hydrogens is 383 g/mol. The Kier molecular flexibility index (Phi) is 6.05. The molecule has 4 rings (SSSR count). The first-order valence-corrected chi connectivity index (χ1v) is 11.0. The largest absolute Gasteiger partial charge is 0.474 e. The third-order valence-corrected chi connectivity index (χ3v) is 6.37. The molecule has 1 aromatic heterocycles. The third kappa shape index (κ3) is 4.56. The summed E-state index contributed by atoms with van der Waals surface area (Å²) in [5.41, 5.74) is 5.66. The van der Waals surface area contributed by atoms with Gasteiger partial charge in [0.25, 0.3) is 0 Å². The van der Waals surface area contributed by atoms with Crippen LogP contribution in [0.4, 0.5) is 4.39 Å². The van der Waals surface area contributed by atoms with Crippen LogP contribution < -0.4 is 0 Å². The van der Waals surface area contributed by atoms with E-state index in [9.17, 15) is 4.39 Å². The fourth-order valence-corrected chi connectivity index (χ4v) is 4.79. The van der Waals surface area contributed by atoms with Crippen molar-refractivity contribution in [3.05, 3.63) is 94.6 Å². The third-order valence-electron chi connectivity index (χ3n) is 5.26. The number of ether oxygens (including phenoxy) is 1. The molecule has 1 unspecified atom stereocenters. The molecule has 5 heteroatoms. The predicted octanol–water partition coefficient (Wildman–Crippen LogP) is 5.37. The van der Waals surface area contributed by atoms with Gasteiger partial charge in [-0.05, 0) is 48.7 Å². The highest BCUT2D eigenvalue weighted by atomic mass is 32.2. The number of aliphatic imine (C=N–C) groups is 1. The molecule has 0 saturated heterocycles. The van der Waals surface area contributed by atoms with E-state index in [2.05, 4.69) is 32.0 Å². The van der Waals surface area contributed by atoms with E-state index in [1.165, 1.54) is 22.8 Å². The van der Waals surface area contributed by atoms with Crippen molar-refractivity contribution >= 4 is 17.7 Å². The minimum atomic E-state index is -0.192. The van der Waals surface area contributed by atoms with Crippen molar-refractivity contribution in [1.82, 2.24) is 4.57 Å². The molecule has 0 saturated carbocycles. The zero-order chi connectivity index (χ0) is 20.2. The molecule has 29 heavy (non-hydrogen) atoms.